The number of hydrogen-bond donors (Lipinski definition) is 3. The monoisotopic (exact) mass is 325 g/mol. The first-order valence-corrected chi connectivity index (χ1v) is 6.78. The number of urea groups is 1. The van der Waals surface area contributed by atoms with E-state index in [4.69, 9.17) is 9.84 Å². The maximum absolute atomic E-state index is 11.9. The van der Waals surface area contributed by atoms with Crippen LogP contribution in [0, 0.1) is 10.1 Å². The number of nitrogens with zero attached hydrogens (tertiary/aromatic N) is 1. The number of ether oxygens (including phenoxy) is 1. The Kier molecular flexibility index (Phi) is 5.88. The highest BCUT2D eigenvalue weighted by Gasteiger charge is 2.22. The predicted octanol–water partition coefficient (Wildman–Crippen LogP) is 2.37. The van der Waals surface area contributed by atoms with Gasteiger partial charge in [0.2, 0.25) is 0 Å². The van der Waals surface area contributed by atoms with Gasteiger partial charge in [-0.3, -0.25) is 14.9 Å². The quantitative estimate of drug-likeness (QED) is 0.521. The van der Waals surface area contributed by atoms with Crippen molar-refractivity contribution in [3.8, 4) is 5.75 Å². The molecule has 0 bridgehead atoms. The van der Waals surface area contributed by atoms with Gasteiger partial charge in [-0.1, -0.05) is 0 Å². The lowest BCUT2D eigenvalue weighted by Gasteiger charge is -2.25. The molecule has 1 aromatic rings. The summed E-state index contributed by atoms with van der Waals surface area (Å²) in [5.74, 6) is -0.867. The van der Waals surface area contributed by atoms with E-state index in [1.54, 1.807) is 13.8 Å². The first-order chi connectivity index (χ1) is 10.6. The van der Waals surface area contributed by atoms with Crippen LogP contribution in [0.15, 0.2) is 18.2 Å². The summed E-state index contributed by atoms with van der Waals surface area (Å²) >= 11 is 0. The van der Waals surface area contributed by atoms with Crippen molar-refractivity contribution in [3.63, 3.8) is 0 Å². The molecule has 0 aliphatic heterocycles. The smallest absolute Gasteiger partial charge is 0.319 e. The van der Waals surface area contributed by atoms with Crippen molar-refractivity contribution in [1.29, 1.82) is 0 Å². The van der Waals surface area contributed by atoms with Crippen molar-refractivity contribution < 1.29 is 24.4 Å². The Bertz CT molecular complexity index is 615. The first-order valence-electron chi connectivity index (χ1n) is 6.78. The largest absolute Gasteiger partial charge is 0.490 e. The summed E-state index contributed by atoms with van der Waals surface area (Å²) in [6, 6.07) is 3.45. The average molecular weight is 325 g/mol. The highest BCUT2D eigenvalue weighted by Crippen LogP contribution is 2.29. The van der Waals surface area contributed by atoms with Crippen LogP contribution >= 0.6 is 0 Å². The van der Waals surface area contributed by atoms with Gasteiger partial charge in [-0.25, -0.2) is 4.79 Å². The van der Waals surface area contributed by atoms with Crippen LogP contribution in [0.25, 0.3) is 0 Å². The lowest BCUT2D eigenvalue weighted by molar-refractivity contribution is -0.385. The van der Waals surface area contributed by atoms with Gasteiger partial charge >= 0.3 is 17.7 Å². The number of rotatable bonds is 7. The molecule has 0 heterocycles. The number of nitro benzene ring substituents is 1. The third-order valence-corrected chi connectivity index (χ3v) is 3.05. The Balaban J connectivity index is 2.76. The van der Waals surface area contributed by atoms with Crippen molar-refractivity contribution >= 4 is 23.4 Å². The molecule has 9 heteroatoms. The number of nitro groups is 1. The zero-order valence-corrected chi connectivity index (χ0v) is 13.1. The number of carbonyl (C=O) groups excluding carboxylic acids is 1. The SMILES string of the molecule is COc1ccc(NC(=O)NC(C)(C)CCC(=O)O)cc1[N+](=O)[O-]. The Morgan fingerprint density at radius 2 is 2.04 bits per heavy atom. The Labute approximate surface area is 132 Å². The molecule has 1 rings (SSSR count). The third-order valence-electron chi connectivity index (χ3n) is 3.05. The molecule has 0 unspecified atom stereocenters. The standard InChI is InChI=1S/C14H19N3O6/c1-14(2,7-6-12(18)19)16-13(20)15-9-4-5-11(23-3)10(8-9)17(21)22/h4-5,8H,6-7H2,1-3H3,(H,18,19)(H2,15,16,20). The van der Waals surface area contributed by atoms with E-state index in [0.29, 0.717) is 0 Å². The van der Waals surface area contributed by atoms with Crippen LogP contribution in [-0.4, -0.2) is 34.7 Å². The molecular weight excluding hydrogens is 306 g/mol. The van der Waals surface area contributed by atoms with Gasteiger partial charge < -0.3 is 20.5 Å². The van der Waals surface area contributed by atoms with E-state index in [1.807, 2.05) is 0 Å². The fraction of sp³-hybridized carbons (Fsp3) is 0.429. The highest BCUT2D eigenvalue weighted by atomic mass is 16.6. The number of anilines is 1. The minimum Gasteiger partial charge on any atom is -0.490 e. The maximum Gasteiger partial charge on any atom is 0.319 e. The molecule has 0 aromatic heterocycles. The molecular formula is C14H19N3O6. The Morgan fingerprint density at radius 1 is 1.39 bits per heavy atom. The number of carboxylic acids is 1. The summed E-state index contributed by atoms with van der Waals surface area (Å²) in [5, 5.41) is 24.7. The molecule has 0 aliphatic rings. The van der Waals surface area contributed by atoms with Gasteiger partial charge in [-0.15, -0.1) is 0 Å². The molecule has 2 amide bonds. The number of methoxy groups -OCH3 is 1. The fourth-order valence-electron chi connectivity index (χ4n) is 1.86. The summed E-state index contributed by atoms with van der Waals surface area (Å²) in [7, 11) is 1.31. The predicted molar refractivity (Wildman–Crippen MR) is 82.8 cm³/mol. The van der Waals surface area contributed by atoms with Crippen molar-refractivity contribution in [2.24, 2.45) is 0 Å². The molecule has 0 saturated heterocycles. The zero-order chi connectivity index (χ0) is 17.6. The third kappa shape index (κ3) is 5.81. The topological polar surface area (TPSA) is 131 Å². The average Bonchev–Trinajstić information content (AvgIpc) is 2.44. The number of carbonyl (C=O) groups is 2. The number of carboxylic acid groups (broad SMARTS) is 1. The second kappa shape index (κ2) is 7.43. The van der Waals surface area contributed by atoms with Crippen molar-refractivity contribution in [2.75, 3.05) is 12.4 Å². The van der Waals surface area contributed by atoms with Gasteiger partial charge in [0.05, 0.1) is 12.0 Å². The van der Waals surface area contributed by atoms with E-state index in [1.165, 1.54) is 25.3 Å². The molecule has 0 spiro atoms. The molecule has 3 N–H and O–H groups in total. The van der Waals surface area contributed by atoms with Gasteiger partial charge in [-0.2, -0.15) is 0 Å². The van der Waals surface area contributed by atoms with Crippen LogP contribution in [0.1, 0.15) is 26.7 Å². The lowest BCUT2D eigenvalue weighted by atomic mass is 9.99. The number of nitrogens with one attached hydrogen (secondary N) is 2. The Hall–Kier alpha value is -2.84. The number of aliphatic carboxylic acids is 1. The van der Waals surface area contributed by atoms with E-state index in [2.05, 4.69) is 10.6 Å². The summed E-state index contributed by atoms with van der Waals surface area (Å²) < 4.78 is 4.88. The summed E-state index contributed by atoms with van der Waals surface area (Å²) in [6.07, 6.45) is 0.166. The van der Waals surface area contributed by atoms with E-state index in [-0.39, 0.29) is 30.0 Å². The van der Waals surface area contributed by atoms with Crippen molar-refractivity contribution in [3.05, 3.63) is 28.3 Å². The van der Waals surface area contributed by atoms with Crippen LogP contribution < -0.4 is 15.4 Å². The summed E-state index contributed by atoms with van der Waals surface area (Å²) in [6.45, 7) is 3.37. The normalized spacial score (nSPS) is 10.7. The fourth-order valence-corrected chi connectivity index (χ4v) is 1.86. The van der Waals surface area contributed by atoms with Gasteiger partial charge in [0.1, 0.15) is 0 Å². The molecule has 9 nitrogen and oxygen atoms in total. The van der Waals surface area contributed by atoms with Gasteiger partial charge in [-0.05, 0) is 32.4 Å². The van der Waals surface area contributed by atoms with Crippen LogP contribution in [0.2, 0.25) is 0 Å². The maximum atomic E-state index is 11.9. The minimum absolute atomic E-state index is 0.0821. The van der Waals surface area contributed by atoms with Gasteiger partial charge in [0, 0.05) is 23.7 Å². The molecule has 23 heavy (non-hydrogen) atoms. The van der Waals surface area contributed by atoms with E-state index in [9.17, 15) is 19.7 Å². The minimum atomic E-state index is -0.953. The molecule has 0 fully saturated rings. The van der Waals surface area contributed by atoms with Crippen LogP contribution in [0.4, 0.5) is 16.2 Å². The van der Waals surface area contributed by atoms with Crippen LogP contribution in [0.3, 0.4) is 0 Å². The van der Waals surface area contributed by atoms with Gasteiger partial charge in [0.15, 0.2) is 5.75 Å². The second-order valence-corrected chi connectivity index (χ2v) is 5.50. The van der Waals surface area contributed by atoms with E-state index in [0.717, 1.165) is 0 Å². The Morgan fingerprint density at radius 3 is 2.57 bits per heavy atom. The molecule has 0 atom stereocenters. The van der Waals surface area contributed by atoms with Crippen LogP contribution in [-0.2, 0) is 4.79 Å². The first kappa shape index (κ1) is 18.2. The zero-order valence-electron chi connectivity index (χ0n) is 13.1. The van der Waals surface area contributed by atoms with Gasteiger partial charge in [0.25, 0.3) is 0 Å². The molecule has 0 radical (unpaired) electrons. The van der Waals surface area contributed by atoms with Crippen molar-refractivity contribution in [1.82, 2.24) is 5.32 Å². The summed E-state index contributed by atoms with van der Waals surface area (Å²) in [5.41, 5.74) is -0.777. The van der Waals surface area contributed by atoms with Crippen LogP contribution in [0.5, 0.6) is 5.75 Å². The van der Waals surface area contributed by atoms with E-state index < -0.39 is 22.5 Å². The molecule has 0 aliphatic carbocycles. The number of amides is 2. The van der Waals surface area contributed by atoms with Crippen molar-refractivity contribution in [2.45, 2.75) is 32.2 Å². The molecule has 0 saturated carbocycles. The molecule has 126 valence electrons. The molecule has 1 aromatic carbocycles. The van der Waals surface area contributed by atoms with E-state index >= 15 is 0 Å². The highest BCUT2D eigenvalue weighted by molar-refractivity contribution is 5.90. The number of hydrogen-bond acceptors (Lipinski definition) is 5. The second-order valence-electron chi connectivity index (χ2n) is 5.50. The lowest BCUT2D eigenvalue weighted by Crippen LogP contribution is -2.45. The summed E-state index contributed by atoms with van der Waals surface area (Å²) in [4.78, 5) is 32.8. The number of benzene rings is 1.